The van der Waals surface area contributed by atoms with E-state index in [1.165, 1.54) is 11.3 Å². The molecule has 3 nitrogen and oxygen atoms in total. The molecule has 1 aliphatic rings. The third kappa shape index (κ3) is 2.25. The molecule has 1 aliphatic heterocycles. The maximum Gasteiger partial charge on any atom is 0.127 e. The lowest BCUT2D eigenvalue weighted by atomic mass is 10.2. The van der Waals surface area contributed by atoms with Crippen molar-refractivity contribution in [3.63, 3.8) is 0 Å². The normalized spacial score (nSPS) is 24.1. The molecule has 0 spiro atoms. The molecule has 1 aromatic rings. The Labute approximate surface area is 101 Å². The quantitative estimate of drug-likeness (QED) is 0.604. The Morgan fingerprint density at radius 1 is 1.56 bits per heavy atom. The summed E-state index contributed by atoms with van der Waals surface area (Å²) in [6.07, 6.45) is 2.11. The predicted octanol–water partition coefficient (Wildman–Crippen LogP) is 2.50. The van der Waals surface area contributed by atoms with Crippen LogP contribution in [-0.4, -0.2) is 35.6 Å². The summed E-state index contributed by atoms with van der Waals surface area (Å²) in [5, 5.41) is 0. The average Bonchev–Trinajstić information content (AvgIpc) is 2.53. The van der Waals surface area contributed by atoms with E-state index < -0.39 is 0 Å². The minimum Gasteiger partial charge on any atom is -0.372 e. The van der Waals surface area contributed by atoms with Crippen molar-refractivity contribution in [2.75, 3.05) is 20.3 Å². The molecule has 2 heterocycles. The van der Waals surface area contributed by atoms with E-state index in [-0.39, 0.29) is 5.50 Å². The van der Waals surface area contributed by atoms with Gasteiger partial charge < -0.3 is 14.6 Å². The largest absolute Gasteiger partial charge is 0.372 e. The van der Waals surface area contributed by atoms with Crippen LogP contribution < -0.4 is 0 Å². The first-order valence-electron chi connectivity index (χ1n) is 5.39. The molecule has 1 saturated heterocycles. The third-order valence-corrected chi connectivity index (χ3v) is 3.30. The summed E-state index contributed by atoms with van der Waals surface area (Å²) in [4.78, 5) is 5.38. The molecule has 0 amide bonds. The Balaban J connectivity index is 2.26. The van der Waals surface area contributed by atoms with Crippen molar-refractivity contribution in [3.05, 3.63) is 28.7 Å². The van der Waals surface area contributed by atoms with Crippen LogP contribution in [-0.2, 0) is 4.74 Å². The van der Waals surface area contributed by atoms with Crippen molar-refractivity contribution in [1.82, 2.24) is 9.88 Å². The number of nitrogens with one attached hydrogen (secondary N) is 1. The van der Waals surface area contributed by atoms with Crippen LogP contribution in [0, 0.1) is 13.8 Å². The molecule has 1 unspecified atom stereocenters. The Morgan fingerprint density at radius 3 is 2.94 bits per heavy atom. The Morgan fingerprint density at radius 2 is 2.31 bits per heavy atom. The second-order valence-electron chi connectivity index (χ2n) is 4.25. The summed E-state index contributed by atoms with van der Waals surface area (Å²) >= 11 is 6.12. The van der Waals surface area contributed by atoms with E-state index in [0.717, 1.165) is 11.4 Å². The van der Waals surface area contributed by atoms with E-state index in [4.69, 9.17) is 16.3 Å². The minimum absolute atomic E-state index is 0.0728. The van der Waals surface area contributed by atoms with Crippen molar-refractivity contribution in [3.8, 4) is 0 Å². The molecule has 0 bridgehead atoms. The van der Waals surface area contributed by atoms with Gasteiger partial charge in [0.15, 0.2) is 0 Å². The summed E-state index contributed by atoms with van der Waals surface area (Å²) in [5.41, 5.74) is 4.59. The molecule has 88 valence electrons. The van der Waals surface area contributed by atoms with Gasteiger partial charge in [0.25, 0.3) is 0 Å². The number of hydrogen-bond donors (Lipinski definition) is 1. The van der Waals surface area contributed by atoms with Crippen LogP contribution in [0.2, 0.25) is 0 Å². The highest BCUT2D eigenvalue weighted by Gasteiger charge is 2.20. The Kier molecular flexibility index (Phi) is 3.26. The van der Waals surface area contributed by atoms with Crippen molar-refractivity contribution in [2.24, 2.45) is 0 Å². The topological polar surface area (TPSA) is 28.3 Å². The van der Waals surface area contributed by atoms with Crippen LogP contribution >= 0.6 is 11.6 Å². The van der Waals surface area contributed by atoms with Crippen LogP contribution in [0.5, 0.6) is 0 Å². The van der Waals surface area contributed by atoms with Crippen molar-refractivity contribution in [1.29, 1.82) is 0 Å². The fourth-order valence-corrected chi connectivity index (χ4v) is 2.08. The molecule has 1 N–H and O–H groups in total. The molecule has 1 aromatic heterocycles. The van der Waals surface area contributed by atoms with E-state index in [0.29, 0.717) is 13.2 Å². The Hall–Kier alpha value is -0.930. The fourth-order valence-electron chi connectivity index (χ4n) is 1.86. The number of ether oxygens (including phenoxy) is 1. The number of alkyl halides is 1. The molecule has 0 saturated carbocycles. The van der Waals surface area contributed by atoms with Gasteiger partial charge in [-0.2, -0.15) is 0 Å². The number of H-pyrrole nitrogens is 1. The summed E-state index contributed by atoms with van der Waals surface area (Å²) in [7, 11) is 2.00. The van der Waals surface area contributed by atoms with Crippen molar-refractivity contribution < 1.29 is 4.74 Å². The number of morpholine rings is 1. The van der Waals surface area contributed by atoms with Gasteiger partial charge in [0.05, 0.1) is 13.2 Å². The van der Waals surface area contributed by atoms with Gasteiger partial charge in [-0.1, -0.05) is 11.6 Å². The van der Waals surface area contributed by atoms with E-state index in [9.17, 15) is 0 Å². The fraction of sp³-hybridized carbons (Fsp3) is 0.500. The van der Waals surface area contributed by atoms with Gasteiger partial charge >= 0.3 is 0 Å². The molecule has 0 aliphatic carbocycles. The Bertz CT molecular complexity index is 411. The molecule has 4 heteroatoms. The molecule has 1 atom stereocenters. The van der Waals surface area contributed by atoms with E-state index in [1.807, 2.05) is 7.05 Å². The lowest BCUT2D eigenvalue weighted by molar-refractivity contribution is 0.0706. The van der Waals surface area contributed by atoms with E-state index in [2.05, 4.69) is 35.9 Å². The molecule has 16 heavy (non-hydrogen) atoms. The minimum atomic E-state index is -0.0728. The van der Waals surface area contributed by atoms with Gasteiger partial charge in [0.2, 0.25) is 0 Å². The number of nitrogens with zero attached hydrogens (tertiary/aromatic N) is 1. The highest BCUT2D eigenvalue weighted by molar-refractivity contribution is 6.20. The lowest BCUT2D eigenvalue weighted by Gasteiger charge is -2.32. The van der Waals surface area contributed by atoms with Gasteiger partial charge in [-0.05, 0) is 31.6 Å². The van der Waals surface area contributed by atoms with Gasteiger partial charge in [0, 0.05) is 24.1 Å². The first-order chi connectivity index (χ1) is 7.58. The summed E-state index contributed by atoms with van der Waals surface area (Å²) < 4.78 is 5.43. The highest BCUT2D eigenvalue weighted by atomic mass is 35.5. The average molecular weight is 241 g/mol. The number of aromatic amines is 1. The van der Waals surface area contributed by atoms with E-state index >= 15 is 0 Å². The SMILES string of the molecule is Cc1cc(C)c(C=C2COCC(Cl)N2C)[nH]1. The number of halogens is 1. The smallest absolute Gasteiger partial charge is 0.127 e. The molecule has 2 rings (SSSR count). The summed E-state index contributed by atoms with van der Waals surface area (Å²) in [5.74, 6) is 0. The standard InChI is InChI=1S/C12H17ClN2O/c1-8-4-9(2)14-11(8)5-10-6-16-7-12(13)15(10)3/h4-5,12,14H,6-7H2,1-3H3. The zero-order chi connectivity index (χ0) is 11.7. The summed E-state index contributed by atoms with van der Waals surface area (Å²) in [6.45, 7) is 5.35. The van der Waals surface area contributed by atoms with Gasteiger partial charge in [-0.15, -0.1) is 0 Å². The molecular weight excluding hydrogens is 224 g/mol. The first-order valence-corrected chi connectivity index (χ1v) is 5.83. The maximum absolute atomic E-state index is 6.12. The van der Waals surface area contributed by atoms with Crippen LogP contribution in [0.15, 0.2) is 11.8 Å². The number of aromatic nitrogens is 1. The first kappa shape index (κ1) is 11.6. The van der Waals surface area contributed by atoms with Gasteiger partial charge in [-0.25, -0.2) is 0 Å². The summed E-state index contributed by atoms with van der Waals surface area (Å²) in [6, 6.07) is 2.13. The molecule has 0 aromatic carbocycles. The second-order valence-corrected chi connectivity index (χ2v) is 4.75. The van der Waals surface area contributed by atoms with Crippen LogP contribution in [0.25, 0.3) is 6.08 Å². The second kappa shape index (κ2) is 4.52. The van der Waals surface area contributed by atoms with Crippen LogP contribution in [0.4, 0.5) is 0 Å². The van der Waals surface area contributed by atoms with Gasteiger partial charge in [0.1, 0.15) is 5.50 Å². The zero-order valence-corrected chi connectivity index (χ0v) is 10.6. The predicted molar refractivity (Wildman–Crippen MR) is 66.5 cm³/mol. The van der Waals surface area contributed by atoms with E-state index in [1.54, 1.807) is 0 Å². The van der Waals surface area contributed by atoms with Crippen LogP contribution in [0.1, 0.15) is 17.0 Å². The van der Waals surface area contributed by atoms with Crippen molar-refractivity contribution >= 4 is 17.7 Å². The molecule has 1 fully saturated rings. The highest BCUT2D eigenvalue weighted by Crippen LogP contribution is 2.21. The molecular formula is C12H17ClN2O. The van der Waals surface area contributed by atoms with Crippen molar-refractivity contribution in [2.45, 2.75) is 19.3 Å². The number of likely N-dealkylation sites (N-methyl/N-ethyl adjacent to an activating group) is 1. The van der Waals surface area contributed by atoms with Crippen LogP contribution in [0.3, 0.4) is 0 Å². The number of hydrogen-bond acceptors (Lipinski definition) is 2. The maximum atomic E-state index is 6.12. The third-order valence-electron chi connectivity index (χ3n) is 2.88. The van der Waals surface area contributed by atoms with Gasteiger partial charge in [-0.3, -0.25) is 0 Å². The lowest BCUT2D eigenvalue weighted by Crippen LogP contribution is -2.37. The number of rotatable bonds is 1. The zero-order valence-electron chi connectivity index (χ0n) is 9.88. The monoisotopic (exact) mass is 240 g/mol. The molecule has 0 radical (unpaired) electrons. The number of aryl methyl sites for hydroxylation is 2.